The van der Waals surface area contributed by atoms with Gasteiger partial charge in [-0.1, -0.05) is 22.9 Å². The Kier molecular flexibility index (Phi) is 3.19. The molecule has 1 aromatic heterocycles. The highest BCUT2D eigenvalue weighted by Gasteiger charge is 2.15. The van der Waals surface area contributed by atoms with Crippen molar-refractivity contribution in [3.63, 3.8) is 0 Å². The van der Waals surface area contributed by atoms with Crippen LogP contribution in [-0.4, -0.2) is 20.1 Å². The summed E-state index contributed by atoms with van der Waals surface area (Å²) in [6.07, 6.45) is 1.07. The average Bonchev–Trinajstić information content (AvgIpc) is 2.67. The second-order valence-electron chi connectivity index (χ2n) is 4.13. The highest BCUT2D eigenvalue weighted by molar-refractivity contribution is 5.26. The Labute approximate surface area is 98.7 Å². The zero-order valence-electron chi connectivity index (χ0n) is 9.76. The largest absolute Gasteiger partial charge is 0.388 e. The van der Waals surface area contributed by atoms with Gasteiger partial charge in [0.05, 0.1) is 11.8 Å². The second-order valence-corrected chi connectivity index (χ2v) is 4.13. The predicted molar refractivity (Wildman–Crippen MR) is 60.8 cm³/mol. The molecule has 0 fully saturated rings. The Morgan fingerprint density at radius 1 is 1.47 bits per heavy atom. The van der Waals surface area contributed by atoms with Crippen molar-refractivity contribution in [2.45, 2.75) is 19.4 Å². The molecule has 0 bridgehead atoms. The van der Waals surface area contributed by atoms with Gasteiger partial charge in [-0.25, -0.2) is 4.39 Å². The smallest absolute Gasteiger partial charge is 0.129 e. The molecule has 0 radical (unpaired) electrons. The van der Waals surface area contributed by atoms with Crippen molar-refractivity contribution >= 4 is 0 Å². The second kappa shape index (κ2) is 4.63. The van der Waals surface area contributed by atoms with Crippen LogP contribution in [0.5, 0.6) is 0 Å². The number of benzene rings is 1. The van der Waals surface area contributed by atoms with Crippen molar-refractivity contribution in [2.75, 3.05) is 0 Å². The minimum absolute atomic E-state index is 0.258. The van der Waals surface area contributed by atoms with Gasteiger partial charge in [0.2, 0.25) is 0 Å². The van der Waals surface area contributed by atoms with E-state index < -0.39 is 11.9 Å². The van der Waals surface area contributed by atoms with Crippen molar-refractivity contribution in [1.82, 2.24) is 15.0 Å². The van der Waals surface area contributed by atoms with Gasteiger partial charge in [-0.3, -0.25) is 4.68 Å². The molecule has 0 aliphatic rings. The van der Waals surface area contributed by atoms with Crippen molar-refractivity contribution in [2.24, 2.45) is 7.05 Å². The van der Waals surface area contributed by atoms with E-state index in [-0.39, 0.29) is 6.42 Å². The first kappa shape index (κ1) is 11.7. The molecule has 0 amide bonds. The monoisotopic (exact) mass is 235 g/mol. The van der Waals surface area contributed by atoms with Gasteiger partial charge in [-0.15, -0.1) is 5.10 Å². The third kappa shape index (κ3) is 2.68. The minimum atomic E-state index is -0.897. The SMILES string of the molecule is Cc1ccc(F)c(C(O)Cc2cn(C)nn2)c1. The maximum absolute atomic E-state index is 13.5. The van der Waals surface area contributed by atoms with Crippen LogP contribution in [0.4, 0.5) is 4.39 Å². The van der Waals surface area contributed by atoms with Crippen molar-refractivity contribution < 1.29 is 9.50 Å². The third-order valence-electron chi connectivity index (χ3n) is 2.56. The summed E-state index contributed by atoms with van der Waals surface area (Å²) < 4.78 is 15.1. The molecule has 5 heteroatoms. The third-order valence-corrected chi connectivity index (χ3v) is 2.56. The van der Waals surface area contributed by atoms with Gasteiger partial charge in [-0.2, -0.15) is 0 Å². The number of hydrogen-bond donors (Lipinski definition) is 1. The van der Waals surface area contributed by atoms with Crippen molar-refractivity contribution in [1.29, 1.82) is 0 Å². The van der Waals surface area contributed by atoms with E-state index in [1.807, 2.05) is 6.92 Å². The van der Waals surface area contributed by atoms with E-state index in [2.05, 4.69) is 10.3 Å². The van der Waals surface area contributed by atoms with E-state index >= 15 is 0 Å². The Morgan fingerprint density at radius 3 is 2.88 bits per heavy atom. The van der Waals surface area contributed by atoms with Gasteiger partial charge >= 0.3 is 0 Å². The molecule has 0 saturated carbocycles. The zero-order chi connectivity index (χ0) is 12.4. The molecule has 0 aliphatic heterocycles. The number of aliphatic hydroxyl groups excluding tert-OH is 1. The quantitative estimate of drug-likeness (QED) is 0.878. The predicted octanol–water partition coefficient (Wildman–Crippen LogP) is 1.54. The molecule has 0 saturated heterocycles. The van der Waals surface area contributed by atoms with Gasteiger partial charge in [0.15, 0.2) is 0 Å². The standard InChI is InChI=1S/C12H14FN3O/c1-8-3-4-11(13)10(5-8)12(17)6-9-7-16(2)15-14-9/h3-5,7,12,17H,6H2,1-2H3. The molecule has 1 aromatic carbocycles. The summed E-state index contributed by atoms with van der Waals surface area (Å²) in [6.45, 7) is 1.86. The summed E-state index contributed by atoms with van der Waals surface area (Å²) >= 11 is 0. The van der Waals surface area contributed by atoms with E-state index in [0.29, 0.717) is 11.3 Å². The summed E-state index contributed by atoms with van der Waals surface area (Å²) in [7, 11) is 1.75. The molecule has 4 nitrogen and oxygen atoms in total. The topological polar surface area (TPSA) is 50.9 Å². The fourth-order valence-corrected chi connectivity index (χ4v) is 1.72. The fourth-order valence-electron chi connectivity index (χ4n) is 1.72. The average molecular weight is 235 g/mol. The molecular weight excluding hydrogens is 221 g/mol. The molecule has 1 heterocycles. The highest BCUT2D eigenvalue weighted by Crippen LogP contribution is 2.21. The van der Waals surface area contributed by atoms with Crippen molar-refractivity contribution in [3.05, 3.63) is 47.0 Å². The molecule has 17 heavy (non-hydrogen) atoms. The van der Waals surface area contributed by atoms with Gasteiger partial charge in [-0.05, 0) is 13.0 Å². The molecule has 1 unspecified atom stereocenters. The van der Waals surface area contributed by atoms with E-state index in [1.54, 1.807) is 30.1 Å². The number of hydrogen-bond acceptors (Lipinski definition) is 3. The summed E-state index contributed by atoms with van der Waals surface area (Å²) in [5.74, 6) is -0.396. The maximum Gasteiger partial charge on any atom is 0.129 e. The van der Waals surface area contributed by atoms with Crippen molar-refractivity contribution in [3.8, 4) is 0 Å². The van der Waals surface area contributed by atoms with Crippen LogP contribution in [0, 0.1) is 12.7 Å². The van der Waals surface area contributed by atoms with Crippen LogP contribution in [-0.2, 0) is 13.5 Å². The molecule has 1 N–H and O–H groups in total. The number of aryl methyl sites for hydroxylation is 2. The highest BCUT2D eigenvalue weighted by atomic mass is 19.1. The molecule has 0 spiro atoms. The first-order valence-electron chi connectivity index (χ1n) is 5.35. The van der Waals surface area contributed by atoms with Gasteiger partial charge < -0.3 is 5.11 Å². The number of aromatic nitrogens is 3. The van der Waals surface area contributed by atoms with Crippen LogP contribution in [0.2, 0.25) is 0 Å². The normalized spacial score (nSPS) is 12.7. The zero-order valence-corrected chi connectivity index (χ0v) is 9.76. The summed E-state index contributed by atoms with van der Waals surface area (Å²) in [5, 5.41) is 17.6. The van der Waals surface area contributed by atoms with E-state index in [1.165, 1.54) is 6.07 Å². The molecule has 2 rings (SSSR count). The van der Waals surface area contributed by atoms with Crippen LogP contribution in [0.15, 0.2) is 24.4 Å². The van der Waals surface area contributed by atoms with E-state index in [0.717, 1.165) is 5.56 Å². The Bertz CT molecular complexity index is 524. The first-order chi connectivity index (χ1) is 8.06. The summed E-state index contributed by atoms with van der Waals surface area (Å²) in [6, 6.07) is 4.69. The fraction of sp³-hybridized carbons (Fsp3) is 0.333. The Hall–Kier alpha value is -1.75. The lowest BCUT2D eigenvalue weighted by Gasteiger charge is -2.11. The molecule has 2 aromatic rings. The van der Waals surface area contributed by atoms with Crippen LogP contribution in [0.25, 0.3) is 0 Å². The maximum atomic E-state index is 13.5. The lowest BCUT2D eigenvalue weighted by atomic mass is 10.0. The number of nitrogens with zero attached hydrogens (tertiary/aromatic N) is 3. The molecule has 0 aliphatic carbocycles. The Balaban J connectivity index is 2.19. The van der Waals surface area contributed by atoms with Gasteiger partial charge in [0, 0.05) is 25.2 Å². The van der Waals surface area contributed by atoms with Crippen LogP contribution >= 0.6 is 0 Å². The molecule has 1 atom stereocenters. The number of rotatable bonds is 3. The number of halogens is 1. The van der Waals surface area contributed by atoms with Crippen LogP contribution in [0.1, 0.15) is 22.9 Å². The molecular formula is C12H14FN3O. The minimum Gasteiger partial charge on any atom is -0.388 e. The van der Waals surface area contributed by atoms with Crippen LogP contribution in [0.3, 0.4) is 0 Å². The van der Waals surface area contributed by atoms with E-state index in [4.69, 9.17) is 0 Å². The van der Waals surface area contributed by atoms with Crippen LogP contribution < -0.4 is 0 Å². The first-order valence-corrected chi connectivity index (χ1v) is 5.35. The number of aliphatic hydroxyl groups is 1. The lowest BCUT2D eigenvalue weighted by Crippen LogP contribution is -2.05. The summed E-state index contributed by atoms with van der Waals surface area (Å²) in [5.41, 5.74) is 1.86. The Morgan fingerprint density at radius 2 is 2.24 bits per heavy atom. The van der Waals surface area contributed by atoms with Gasteiger partial charge in [0.1, 0.15) is 5.82 Å². The lowest BCUT2D eigenvalue weighted by molar-refractivity contribution is 0.172. The van der Waals surface area contributed by atoms with E-state index in [9.17, 15) is 9.50 Å². The molecule has 90 valence electrons. The van der Waals surface area contributed by atoms with Gasteiger partial charge in [0.25, 0.3) is 0 Å². The summed E-state index contributed by atoms with van der Waals surface area (Å²) in [4.78, 5) is 0.